The minimum atomic E-state index is -0.440. The van der Waals surface area contributed by atoms with Crippen LogP contribution < -0.4 is 5.69 Å². The lowest BCUT2D eigenvalue weighted by atomic mass is 9.72. The van der Waals surface area contributed by atoms with E-state index >= 15 is 0 Å². The monoisotopic (exact) mass is 283 g/mol. The third kappa shape index (κ3) is 2.06. The Morgan fingerprint density at radius 1 is 1.33 bits per heavy atom. The van der Waals surface area contributed by atoms with Crippen LogP contribution in [0.1, 0.15) is 30.5 Å². The molecule has 1 aliphatic carbocycles. The molecule has 1 heterocycles. The van der Waals surface area contributed by atoms with Gasteiger partial charge in [0.25, 0.3) is 0 Å². The number of nitrogens with zero attached hydrogens (tertiary/aromatic N) is 3. The Hall–Kier alpha value is -2.39. The number of benzene rings is 1. The van der Waals surface area contributed by atoms with E-state index in [4.69, 9.17) is 0 Å². The van der Waals surface area contributed by atoms with Crippen LogP contribution in [-0.2, 0) is 17.4 Å². The van der Waals surface area contributed by atoms with Gasteiger partial charge in [-0.05, 0) is 43.9 Å². The van der Waals surface area contributed by atoms with Gasteiger partial charge in [0.1, 0.15) is 0 Å². The molecule has 5 heteroatoms. The van der Waals surface area contributed by atoms with E-state index in [-0.39, 0.29) is 5.69 Å². The number of hydrogen-bond acceptors (Lipinski definition) is 3. The largest absolute Gasteiger partial charge is 0.332 e. The van der Waals surface area contributed by atoms with Gasteiger partial charge in [0, 0.05) is 18.9 Å². The zero-order valence-corrected chi connectivity index (χ0v) is 12.2. The number of aliphatic imine (C=N–C) groups is 1. The van der Waals surface area contributed by atoms with Crippen molar-refractivity contribution in [3.05, 3.63) is 52.2 Å². The van der Waals surface area contributed by atoms with Crippen molar-refractivity contribution in [1.29, 1.82) is 0 Å². The summed E-state index contributed by atoms with van der Waals surface area (Å²) < 4.78 is 3.23. The molecule has 108 valence electrons. The summed E-state index contributed by atoms with van der Waals surface area (Å²) in [6, 6.07) is 7.72. The SMILES string of the molecule is Cc1cn(C)c(=O)n1-c1cccc(C2(N=C=O)CCC2)c1. The standard InChI is InChI=1S/C16H17N3O2/c1-12-10-18(2)15(21)19(12)14-6-3-5-13(9-14)16(17-11-20)7-4-8-16/h3,5-6,9-10H,4,7-8H2,1-2H3. The summed E-state index contributed by atoms with van der Waals surface area (Å²) in [5.74, 6) is 0. The van der Waals surface area contributed by atoms with Gasteiger partial charge in [-0.3, -0.25) is 4.57 Å². The second-order valence-electron chi connectivity index (χ2n) is 5.64. The molecule has 0 amide bonds. The van der Waals surface area contributed by atoms with Gasteiger partial charge in [-0.25, -0.2) is 9.59 Å². The first kappa shape index (κ1) is 13.6. The lowest BCUT2D eigenvalue weighted by Crippen LogP contribution is -2.32. The minimum Gasteiger partial charge on any atom is -0.302 e. The molecular weight excluding hydrogens is 266 g/mol. The molecule has 1 aromatic heterocycles. The Balaban J connectivity index is 2.13. The predicted octanol–water partition coefficient (Wildman–Crippen LogP) is 2.20. The number of aryl methyl sites for hydroxylation is 2. The molecule has 5 nitrogen and oxygen atoms in total. The van der Waals surface area contributed by atoms with Crippen LogP contribution in [0.15, 0.2) is 40.2 Å². The second kappa shape index (κ2) is 4.86. The summed E-state index contributed by atoms with van der Waals surface area (Å²) in [6.45, 7) is 1.90. The fourth-order valence-electron chi connectivity index (χ4n) is 3.01. The molecule has 3 rings (SSSR count). The molecule has 0 spiro atoms. The molecule has 0 aliphatic heterocycles. The highest BCUT2D eigenvalue weighted by Crippen LogP contribution is 2.45. The van der Waals surface area contributed by atoms with E-state index in [2.05, 4.69) is 4.99 Å². The number of imidazole rings is 1. The lowest BCUT2D eigenvalue weighted by molar-refractivity contribution is 0.256. The van der Waals surface area contributed by atoms with Crippen LogP contribution in [0.5, 0.6) is 0 Å². The zero-order chi connectivity index (χ0) is 15.0. The van der Waals surface area contributed by atoms with Crippen molar-refractivity contribution in [2.24, 2.45) is 12.0 Å². The van der Waals surface area contributed by atoms with Gasteiger partial charge in [0.05, 0.1) is 11.2 Å². The first-order valence-electron chi connectivity index (χ1n) is 7.02. The average Bonchev–Trinajstić information content (AvgIpc) is 2.68. The molecule has 0 bridgehead atoms. The van der Waals surface area contributed by atoms with Crippen LogP contribution in [0, 0.1) is 6.92 Å². The van der Waals surface area contributed by atoms with Crippen molar-refractivity contribution in [3.8, 4) is 5.69 Å². The molecule has 21 heavy (non-hydrogen) atoms. The predicted molar refractivity (Wildman–Crippen MR) is 79.4 cm³/mol. The highest BCUT2D eigenvalue weighted by molar-refractivity contribution is 5.44. The van der Waals surface area contributed by atoms with Gasteiger partial charge in [-0.2, -0.15) is 4.99 Å². The molecule has 1 saturated carbocycles. The molecule has 1 aromatic carbocycles. The third-order valence-corrected chi connectivity index (χ3v) is 4.31. The molecule has 1 fully saturated rings. The Bertz CT molecular complexity index is 790. The van der Waals surface area contributed by atoms with Crippen LogP contribution in [-0.4, -0.2) is 15.2 Å². The Morgan fingerprint density at radius 2 is 2.10 bits per heavy atom. The summed E-state index contributed by atoms with van der Waals surface area (Å²) in [5, 5.41) is 0. The van der Waals surface area contributed by atoms with Crippen molar-refractivity contribution in [2.75, 3.05) is 0 Å². The molecule has 1 aliphatic rings. The van der Waals surface area contributed by atoms with E-state index in [0.29, 0.717) is 0 Å². The highest BCUT2D eigenvalue weighted by Gasteiger charge is 2.39. The van der Waals surface area contributed by atoms with Crippen molar-refractivity contribution < 1.29 is 4.79 Å². The van der Waals surface area contributed by atoms with Crippen LogP contribution in [0.4, 0.5) is 0 Å². The number of rotatable bonds is 3. The summed E-state index contributed by atoms with van der Waals surface area (Å²) in [5.41, 5.74) is 2.14. The molecule has 0 atom stereocenters. The first-order valence-corrected chi connectivity index (χ1v) is 7.02. The van der Waals surface area contributed by atoms with Crippen molar-refractivity contribution >= 4 is 6.08 Å². The molecule has 0 saturated heterocycles. The zero-order valence-electron chi connectivity index (χ0n) is 12.2. The van der Waals surface area contributed by atoms with Crippen molar-refractivity contribution in [3.63, 3.8) is 0 Å². The third-order valence-electron chi connectivity index (χ3n) is 4.31. The van der Waals surface area contributed by atoms with Crippen LogP contribution >= 0.6 is 0 Å². The maximum atomic E-state index is 12.2. The molecule has 0 radical (unpaired) electrons. The Morgan fingerprint density at radius 3 is 2.62 bits per heavy atom. The fraction of sp³-hybridized carbons (Fsp3) is 0.375. The smallest absolute Gasteiger partial charge is 0.302 e. The number of carbonyl (C=O) groups excluding carboxylic acids is 1. The molecule has 2 aromatic rings. The summed E-state index contributed by atoms with van der Waals surface area (Å²) in [6.07, 6.45) is 6.27. The minimum absolute atomic E-state index is 0.0776. The van der Waals surface area contributed by atoms with Gasteiger partial charge >= 0.3 is 5.69 Å². The topological polar surface area (TPSA) is 56.4 Å². The Kier molecular flexibility index (Phi) is 3.15. The van der Waals surface area contributed by atoms with E-state index in [1.54, 1.807) is 28.5 Å². The van der Waals surface area contributed by atoms with Gasteiger partial charge in [0.15, 0.2) is 0 Å². The molecule has 0 N–H and O–H groups in total. The maximum Gasteiger partial charge on any atom is 0.332 e. The van der Waals surface area contributed by atoms with Gasteiger partial charge in [-0.15, -0.1) is 0 Å². The number of hydrogen-bond donors (Lipinski definition) is 0. The van der Waals surface area contributed by atoms with Gasteiger partial charge in [0.2, 0.25) is 6.08 Å². The van der Waals surface area contributed by atoms with Crippen LogP contribution in [0.25, 0.3) is 5.69 Å². The van der Waals surface area contributed by atoms with Crippen molar-refractivity contribution in [1.82, 2.24) is 9.13 Å². The molecule has 0 unspecified atom stereocenters. The van der Waals surface area contributed by atoms with E-state index in [1.165, 1.54) is 0 Å². The average molecular weight is 283 g/mol. The van der Waals surface area contributed by atoms with E-state index in [9.17, 15) is 9.59 Å². The van der Waals surface area contributed by atoms with Gasteiger partial charge < -0.3 is 4.57 Å². The highest BCUT2D eigenvalue weighted by atomic mass is 16.1. The van der Waals surface area contributed by atoms with Gasteiger partial charge in [-0.1, -0.05) is 12.1 Å². The summed E-state index contributed by atoms with van der Waals surface area (Å²) in [4.78, 5) is 26.9. The second-order valence-corrected chi connectivity index (χ2v) is 5.64. The summed E-state index contributed by atoms with van der Waals surface area (Å²) >= 11 is 0. The van der Waals surface area contributed by atoms with E-state index in [1.807, 2.05) is 31.2 Å². The molecular formula is C16H17N3O2. The lowest BCUT2D eigenvalue weighted by Gasteiger charge is -2.37. The maximum absolute atomic E-state index is 12.2. The first-order chi connectivity index (χ1) is 10.1. The Labute approximate surface area is 122 Å². The number of aromatic nitrogens is 2. The number of isocyanates is 1. The fourth-order valence-corrected chi connectivity index (χ4v) is 3.01. The van der Waals surface area contributed by atoms with Crippen LogP contribution in [0.3, 0.4) is 0 Å². The summed E-state index contributed by atoms with van der Waals surface area (Å²) in [7, 11) is 1.74. The van der Waals surface area contributed by atoms with E-state index < -0.39 is 5.54 Å². The van der Waals surface area contributed by atoms with Crippen molar-refractivity contribution in [2.45, 2.75) is 31.7 Å². The van der Waals surface area contributed by atoms with Crippen LogP contribution in [0.2, 0.25) is 0 Å². The quantitative estimate of drug-likeness (QED) is 0.640. The normalized spacial score (nSPS) is 16.1. The van der Waals surface area contributed by atoms with E-state index in [0.717, 1.165) is 36.2 Å².